The van der Waals surface area contributed by atoms with Gasteiger partial charge in [0.25, 0.3) is 0 Å². The Hall–Kier alpha value is -5.92. The number of rotatable bonds is 10. The largest absolute Gasteiger partial charge is 0.310 e. The summed E-state index contributed by atoms with van der Waals surface area (Å²) in [6.45, 7) is 4.51. The van der Waals surface area contributed by atoms with Crippen molar-refractivity contribution in [3.05, 3.63) is 210 Å². The Kier molecular flexibility index (Phi) is 9.19. The molecule has 0 saturated carbocycles. The van der Waals surface area contributed by atoms with Gasteiger partial charge in [-0.1, -0.05) is 152 Å². The molecule has 8 rings (SSSR count). The number of nitrogens with zero attached hydrogens (tertiary/aromatic N) is 1. The Balaban J connectivity index is 1.06. The van der Waals surface area contributed by atoms with Crippen LogP contribution in [0.2, 0.25) is 0 Å². The summed E-state index contributed by atoms with van der Waals surface area (Å²) in [7, 11) is 0. The standard InChI is InChI=1S/C50H43N/c1-36-33-38(27-29-42(39-15-5-3-6-16-39)35-43-21-13-19-40-17-9-11-24-48(40)43)28-31-46(36)47-32-30-45(34-37(47)2)51(44-22-7-4-8-23-44)50-26-14-20-41-18-10-12-25-49(41)50/h3-26,28,30-34,42H,27,29,35H2,1-2H3. The molecule has 0 aliphatic rings. The lowest BCUT2D eigenvalue weighted by atomic mass is 9.85. The molecule has 1 unspecified atom stereocenters. The Bertz CT molecular complexity index is 2410. The SMILES string of the molecule is Cc1cc(CCC(Cc2cccc3ccccc23)c2ccccc2)ccc1-c1ccc(N(c2ccccc2)c2cccc3ccccc23)cc1C. The van der Waals surface area contributed by atoms with E-state index in [4.69, 9.17) is 0 Å². The monoisotopic (exact) mass is 657 g/mol. The maximum absolute atomic E-state index is 2.41. The second-order valence-electron chi connectivity index (χ2n) is 13.8. The highest BCUT2D eigenvalue weighted by Crippen LogP contribution is 2.41. The van der Waals surface area contributed by atoms with Crippen molar-refractivity contribution >= 4 is 38.6 Å². The molecule has 0 saturated heterocycles. The third kappa shape index (κ3) is 6.81. The van der Waals surface area contributed by atoms with Crippen LogP contribution in [0, 0.1) is 13.8 Å². The van der Waals surface area contributed by atoms with Crippen molar-refractivity contribution in [2.75, 3.05) is 4.90 Å². The molecule has 0 bridgehead atoms. The first kappa shape index (κ1) is 32.3. The summed E-state index contributed by atoms with van der Waals surface area (Å²) in [6, 6.07) is 66.6. The van der Waals surface area contributed by atoms with Gasteiger partial charge in [-0.3, -0.25) is 0 Å². The summed E-state index contributed by atoms with van der Waals surface area (Å²) >= 11 is 0. The maximum Gasteiger partial charge on any atom is 0.0540 e. The molecule has 8 aromatic rings. The molecule has 0 aliphatic heterocycles. The number of para-hydroxylation sites is 1. The van der Waals surface area contributed by atoms with Crippen molar-refractivity contribution < 1.29 is 0 Å². The van der Waals surface area contributed by atoms with Gasteiger partial charge in [0.1, 0.15) is 0 Å². The molecule has 0 N–H and O–H groups in total. The highest BCUT2D eigenvalue weighted by molar-refractivity contribution is 5.99. The molecule has 0 fully saturated rings. The summed E-state index contributed by atoms with van der Waals surface area (Å²) in [5.41, 5.74) is 12.9. The fraction of sp³-hybridized carbons (Fsp3) is 0.120. The van der Waals surface area contributed by atoms with Gasteiger partial charge in [0.15, 0.2) is 0 Å². The number of benzene rings is 8. The topological polar surface area (TPSA) is 3.24 Å². The molecule has 0 spiro atoms. The summed E-state index contributed by atoms with van der Waals surface area (Å²) in [6.07, 6.45) is 3.18. The lowest BCUT2D eigenvalue weighted by Crippen LogP contribution is -2.10. The number of aryl methyl sites for hydroxylation is 3. The van der Waals surface area contributed by atoms with Gasteiger partial charge in [0, 0.05) is 16.8 Å². The fourth-order valence-electron chi connectivity index (χ4n) is 7.87. The zero-order chi connectivity index (χ0) is 34.6. The van der Waals surface area contributed by atoms with Crippen LogP contribution in [-0.4, -0.2) is 0 Å². The second kappa shape index (κ2) is 14.5. The van der Waals surface area contributed by atoms with Gasteiger partial charge in [-0.25, -0.2) is 0 Å². The van der Waals surface area contributed by atoms with Gasteiger partial charge < -0.3 is 4.90 Å². The predicted octanol–water partition coefficient (Wildman–Crippen LogP) is 13.7. The van der Waals surface area contributed by atoms with Gasteiger partial charge >= 0.3 is 0 Å². The van der Waals surface area contributed by atoms with Crippen LogP contribution in [0.5, 0.6) is 0 Å². The van der Waals surface area contributed by atoms with Crippen LogP contribution in [0.1, 0.15) is 40.2 Å². The van der Waals surface area contributed by atoms with Crippen molar-refractivity contribution in [2.45, 2.75) is 39.0 Å². The molecule has 51 heavy (non-hydrogen) atoms. The van der Waals surface area contributed by atoms with Crippen molar-refractivity contribution in [3.8, 4) is 11.1 Å². The van der Waals surface area contributed by atoms with Crippen molar-refractivity contribution in [3.63, 3.8) is 0 Å². The van der Waals surface area contributed by atoms with E-state index < -0.39 is 0 Å². The average molecular weight is 658 g/mol. The summed E-state index contributed by atoms with van der Waals surface area (Å²) in [5.74, 6) is 0.445. The summed E-state index contributed by atoms with van der Waals surface area (Å²) in [5, 5.41) is 5.16. The van der Waals surface area contributed by atoms with E-state index in [1.165, 1.54) is 66.2 Å². The highest BCUT2D eigenvalue weighted by atomic mass is 15.1. The third-order valence-corrected chi connectivity index (χ3v) is 10.5. The van der Waals surface area contributed by atoms with Crippen molar-refractivity contribution in [1.29, 1.82) is 0 Å². The van der Waals surface area contributed by atoms with Crippen molar-refractivity contribution in [2.24, 2.45) is 0 Å². The van der Waals surface area contributed by atoms with Crippen molar-refractivity contribution in [1.82, 2.24) is 0 Å². The number of fused-ring (bicyclic) bond motifs is 2. The molecule has 1 nitrogen and oxygen atoms in total. The van der Waals surface area contributed by atoms with Crippen LogP contribution in [0.15, 0.2) is 182 Å². The third-order valence-electron chi connectivity index (χ3n) is 10.5. The number of hydrogen-bond acceptors (Lipinski definition) is 1. The minimum atomic E-state index is 0.445. The molecular weight excluding hydrogens is 615 g/mol. The van der Waals surface area contributed by atoms with E-state index in [0.29, 0.717) is 5.92 Å². The van der Waals surface area contributed by atoms with Gasteiger partial charge in [-0.05, 0) is 124 Å². The van der Waals surface area contributed by atoms with Crippen LogP contribution >= 0.6 is 0 Å². The Morgan fingerprint density at radius 2 is 1.06 bits per heavy atom. The van der Waals surface area contributed by atoms with Crippen LogP contribution in [0.25, 0.3) is 32.7 Å². The molecule has 8 aromatic carbocycles. The van der Waals surface area contributed by atoms with Crippen LogP contribution in [-0.2, 0) is 12.8 Å². The molecule has 0 aliphatic carbocycles. The quantitative estimate of drug-likeness (QED) is 0.141. The fourth-order valence-corrected chi connectivity index (χ4v) is 7.87. The number of hydrogen-bond donors (Lipinski definition) is 0. The molecule has 0 heterocycles. The highest BCUT2D eigenvalue weighted by Gasteiger charge is 2.18. The first-order valence-electron chi connectivity index (χ1n) is 18.2. The van der Waals surface area contributed by atoms with E-state index in [1.54, 1.807) is 0 Å². The van der Waals surface area contributed by atoms with Gasteiger partial charge in [-0.15, -0.1) is 0 Å². The van der Waals surface area contributed by atoms with E-state index in [2.05, 4.69) is 201 Å². The van der Waals surface area contributed by atoms with Crippen LogP contribution < -0.4 is 4.90 Å². The minimum absolute atomic E-state index is 0.445. The normalized spacial score (nSPS) is 11.9. The van der Waals surface area contributed by atoms with Gasteiger partial charge in [0.2, 0.25) is 0 Å². The second-order valence-corrected chi connectivity index (χ2v) is 13.8. The van der Waals surface area contributed by atoms with E-state index in [9.17, 15) is 0 Å². The molecule has 1 atom stereocenters. The molecular formula is C50H43N. The van der Waals surface area contributed by atoms with E-state index in [1.807, 2.05) is 0 Å². The molecule has 0 radical (unpaired) electrons. The zero-order valence-electron chi connectivity index (χ0n) is 29.5. The maximum atomic E-state index is 2.41. The minimum Gasteiger partial charge on any atom is -0.310 e. The summed E-state index contributed by atoms with van der Waals surface area (Å²) < 4.78 is 0. The predicted molar refractivity (Wildman–Crippen MR) is 219 cm³/mol. The first-order chi connectivity index (χ1) is 25.1. The van der Waals surface area contributed by atoms with E-state index in [-0.39, 0.29) is 0 Å². The van der Waals surface area contributed by atoms with Crippen LogP contribution in [0.3, 0.4) is 0 Å². The van der Waals surface area contributed by atoms with E-state index >= 15 is 0 Å². The Labute approximate surface area is 302 Å². The first-order valence-corrected chi connectivity index (χ1v) is 18.2. The van der Waals surface area contributed by atoms with Gasteiger partial charge in [0.05, 0.1) is 5.69 Å². The Morgan fingerprint density at radius 3 is 1.78 bits per heavy atom. The molecule has 1 heteroatoms. The smallest absolute Gasteiger partial charge is 0.0540 e. The lowest BCUT2D eigenvalue weighted by Gasteiger charge is -2.27. The molecule has 0 aromatic heterocycles. The van der Waals surface area contributed by atoms with Gasteiger partial charge in [-0.2, -0.15) is 0 Å². The van der Waals surface area contributed by atoms with E-state index in [0.717, 1.165) is 30.6 Å². The van der Waals surface area contributed by atoms with Crippen LogP contribution in [0.4, 0.5) is 17.1 Å². The number of anilines is 3. The molecule has 248 valence electrons. The Morgan fingerprint density at radius 1 is 0.471 bits per heavy atom. The summed E-state index contributed by atoms with van der Waals surface area (Å²) in [4.78, 5) is 2.39. The zero-order valence-corrected chi connectivity index (χ0v) is 29.5. The molecule has 0 amide bonds. The lowest BCUT2D eigenvalue weighted by molar-refractivity contribution is 0.623. The average Bonchev–Trinajstić information content (AvgIpc) is 3.18.